The fourth-order valence-electron chi connectivity index (χ4n) is 6.69. The Morgan fingerprint density at radius 3 is 2.53 bits per heavy atom. The average molecular weight is 606 g/mol. The van der Waals surface area contributed by atoms with Crippen LogP contribution in [0.4, 0.5) is 19.0 Å². The third-order valence-corrected chi connectivity index (χ3v) is 10.0. The van der Waals surface area contributed by atoms with Crippen molar-refractivity contribution < 1.29 is 17.7 Å². The minimum Gasteiger partial charge on any atom is -0.359 e. The predicted octanol–water partition coefficient (Wildman–Crippen LogP) is 6.38. The summed E-state index contributed by atoms with van der Waals surface area (Å²) < 4.78 is 46.2. The van der Waals surface area contributed by atoms with Crippen molar-refractivity contribution in [3.63, 3.8) is 0 Å². The summed E-state index contributed by atoms with van der Waals surface area (Å²) in [6, 6.07) is 12.1. The van der Waals surface area contributed by atoms with Gasteiger partial charge in [0.15, 0.2) is 5.76 Å². The molecule has 2 fully saturated rings. The zero-order chi connectivity index (χ0) is 29.9. The molecule has 1 aromatic carbocycles. The van der Waals surface area contributed by atoms with E-state index in [-0.39, 0.29) is 10.3 Å². The number of benzene rings is 1. The lowest BCUT2D eigenvalue weighted by molar-refractivity contribution is -0.126. The number of likely N-dealkylation sites (tertiary alicyclic amines) is 1. The molecular formula is C31H30F3N7OS. The first-order valence-electron chi connectivity index (χ1n) is 14.3. The minimum absolute atomic E-state index is 0.204. The van der Waals surface area contributed by atoms with Crippen LogP contribution in [-0.4, -0.2) is 56.9 Å². The van der Waals surface area contributed by atoms with Gasteiger partial charge in [-0.2, -0.15) is 18.4 Å². The Balaban J connectivity index is 1.01. The smallest absolute Gasteiger partial charge is 0.359 e. The third kappa shape index (κ3) is 5.25. The Labute approximate surface area is 250 Å². The summed E-state index contributed by atoms with van der Waals surface area (Å²) in [4.78, 5) is 14.3. The van der Waals surface area contributed by atoms with Crippen molar-refractivity contribution in [2.24, 2.45) is 5.41 Å². The van der Waals surface area contributed by atoms with E-state index in [0.717, 1.165) is 85.1 Å². The first-order chi connectivity index (χ1) is 20.6. The fourth-order valence-corrected chi connectivity index (χ4v) is 7.71. The molecule has 7 rings (SSSR count). The van der Waals surface area contributed by atoms with Crippen molar-refractivity contribution in [1.82, 2.24) is 24.6 Å². The van der Waals surface area contributed by atoms with Crippen molar-refractivity contribution in [2.45, 2.75) is 52.4 Å². The number of piperidine rings is 1. The van der Waals surface area contributed by atoms with E-state index in [1.807, 2.05) is 23.6 Å². The van der Waals surface area contributed by atoms with Gasteiger partial charge in [0.2, 0.25) is 0 Å². The van der Waals surface area contributed by atoms with E-state index in [2.05, 4.69) is 50.1 Å². The zero-order valence-corrected chi connectivity index (χ0v) is 24.7. The number of rotatable bonds is 6. The lowest BCUT2D eigenvalue weighted by Crippen LogP contribution is -2.60. The van der Waals surface area contributed by atoms with Crippen LogP contribution in [0.25, 0.3) is 21.1 Å². The Morgan fingerprint density at radius 2 is 1.84 bits per heavy atom. The SMILES string of the molecule is Cc1cc(Cn2c(C#N)cc3c(C)c(CN4CCC5(CC4)CN(c4ncnc6sc(CC(F)(F)F)cc46)C5)ccc32)on1. The summed E-state index contributed by atoms with van der Waals surface area (Å²) in [5.41, 5.74) is 5.06. The van der Waals surface area contributed by atoms with Gasteiger partial charge in [0, 0.05) is 46.9 Å². The molecule has 0 aliphatic carbocycles. The maximum absolute atomic E-state index is 12.9. The first-order valence-corrected chi connectivity index (χ1v) is 15.1. The molecule has 0 unspecified atom stereocenters. The molecule has 0 bridgehead atoms. The number of aryl methyl sites for hydroxylation is 2. The highest BCUT2D eigenvalue weighted by atomic mass is 32.1. The second-order valence-electron chi connectivity index (χ2n) is 12.0. The van der Waals surface area contributed by atoms with Gasteiger partial charge in [-0.3, -0.25) is 4.90 Å². The highest BCUT2D eigenvalue weighted by molar-refractivity contribution is 7.18. The van der Waals surface area contributed by atoms with Crippen molar-refractivity contribution in [2.75, 3.05) is 31.1 Å². The second-order valence-corrected chi connectivity index (χ2v) is 13.1. The largest absolute Gasteiger partial charge is 0.393 e. The third-order valence-electron chi connectivity index (χ3n) is 8.97. The van der Waals surface area contributed by atoms with Gasteiger partial charge in [-0.1, -0.05) is 11.2 Å². The van der Waals surface area contributed by atoms with Crippen LogP contribution in [0.3, 0.4) is 0 Å². The normalized spacial score (nSPS) is 17.2. The van der Waals surface area contributed by atoms with Gasteiger partial charge in [0.1, 0.15) is 28.7 Å². The number of hydrogen-bond acceptors (Lipinski definition) is 8. The molecule has 1 spiro atoms. The Hall–Kier alpha value is -3.95. The van der Waals surface area contributed by atoms with Crippen LogP contribution in [-0.2, 0) is 19.5 Å². The number of fused-ring (bicyclic) bond motifs is 2. The van der Waals surface area contributed by atoms with Crippen molar-refractivity contribution in [1.29, 1.82) is 5.26 Å². The van der Waals surface area contributed by atoms with E-state index in [4.69, 9.17) is 4.52 Å². The van der Waals surface area contributed by atoms with Crippen molar-refractivity contribution >= 4 is 38.3 Å². The molecule has 222 valence electrons. The average Bonchev–Trinajstić information content (AvgIpc) is 3.65. The minimum atomic E-state index is -4.24. The van der Waals surface area contributed by atoms with Gasteiger partial charge >= 0.3 is 6.18 Å². The van der Waals surface area contributed by atoms with Gasteiger partial charge < -0.3 is 14.0 Å². The molecule has 0 N–H and O–H groups in total. The van der Waals surface area contributed by atoms with Crippen LogP contribution < -0.4 is 4.90 Å². The van der Waals surface area contributed by atoms with Crippen LogP contribution in [0.15, 0.2) is 41.2 Å². The highest BCUT2D eigenvalue weighted by Crippen LogP contribution is 2.45. The number of alkyl halides is 3. The van der Waals surface area contributed by atoms with Crippen LogP contribution in [0.2, 0.25) is 0 Å². The molecule has 2 aliphatic heterocycles. The predicted molar refractivity (Wildman–Crippen MR) is 158 cm³/mol. The Kier molecular flexibility index (Phi) is 6.70. The molecule has 5 aromatic rings. The second kappa shape index (κ2) is 10.3. The standard InChI is InChI=1S/C31H30F3N7OS/c1-19-9-23(42-38-19)15-41-22(13-35)10-25-20(2)21(3-4-27(25)41)14-39-7-5-30(6-8-39)16-40(17-30)28-26-11-24(12-31(32,33)34)43-29(26)37-18-36-28/h3-4,9-11,18H,5-8,12,14-17H2,1-2H3. The Bertz CT molecular complexity index is 1870. The molecule has 8 nitrogen and oxygen atoms in total. The van der Waals surface area contributed by atoms with E-state index in [9.17, 15) is 18.4 Å². The summed E-state index contributed by atoms with van der Waals surface area (Å²) in [6.45, 7) is 8.99. The molecule has 4 aromatic heterocycles. The molecule has 0 saturated carbocycles. The summed E-state index contributed by atoms with van der Waals surface area (Å²) in [7, 11) is 0. The maximum Gasteiger partial charge on any atom is 0.393 e. The van der Waals surface area contributed by atoms with Crippen LogP contribution in [0.1, 0.15) is 46.0 Å². The topological polar surface area (TPSA) is 87.0 Å². The van der Waals surface area contributed by atoms with E-state index < -0.39 is 12.6 Å². The molecule has 0 amide bonds. The number of halogens is 3. The molecule has 12 heteroatoms. The highest BCUT2D eigenvalue weighted by Gasteiger charge is 2.46. The van der Waals surface area contributed by atoms with E-state index in [1.54, 1.807) is 6.07 Å². The van der Waals surface area contributed by atoms with Crippen LogP contribution in [0.5, 0.6) is 0 Å². The van der Waals surface area contributed by atoms with Gasteiger partial charge in [-0.15, -0.1) is 11.3 Å². The molecule has 43 heavy (non-hydrogen) atoms. The van der Waals surface area contributed by atoms with Crippen molar-refractivity contribution in [3.05, 3.63) is 69.8 Å². The molecule has 2 aliphatic rings. The molecule has 6 heterocycles. The summed E-state index contributed by atoms with van der Waals surface area (Å²) in [5, 5.41) is 15.6. The monoisotopic (exact) mass is 605 g/mol. The fraction of sp³-hybridized carbons (Fsp3) is 0.419. The maximum atomic E-state index is 12.9. The first kappa shape index (κ1) is 27.9. The van der Waals surface area contributed by atoms with Gasteiger partial charge in [0.05, 0.1) is 24.0 Å². The van der Waals surface area contributed by atoms with E-state index in [0.29, 0.717) is 22.5 Å². The lowest BCUT2D eigenvalue weighted by Gasteiger charge is -2.54. The van der Waals surface area contributed by atoms with Crippen LogP contribution in [0, 0.1) is 30.6 Å². The number of anilines is 1. The number of nitriles is 1. The number of aromatic nitrogens is 4. The van der Waals surface area contributed by atoms with Crippen molar-refractivity contribution in [3.8, 4) is 6.07 Å². The summed E-state index contributed by atoms with van der Waals surface area (Å²) in [6.07, 6.45) is -1.59. The van der Waals surface area contributed by atoms with Gasteiger partial charge in [-0.05, 0) is 69.1 Å². The Morgan fingerprint density at radius 1 is 1.05 bits per heavy atom. The molecule has 2 saturated heterocycles. The summed E-state index contributed by atoms with van der Waals surface area (Å²) in [5.74, 6) is 1.46. The van der Waals surface area contributed by atoms with Gasteiger partial charge in [0.25, 0.3) is 0 Å². The van der Waals surface area contributed by atoms with E-state index >= 15 is 0 Å². The zero-order valence-electron chi connectivity index (χ0n) is 23.9. The van der Waals surface area contributed by atoms with E-state index in [1.165, 1.54) is 17.5 Å². The number of hydrogen-bond donors (Lipinski definition) is 0. The number of nitrogens with zero attached hydrogens (tertiary/aromatic N) is 7. The van der Waals surface area contributed by atoms with Crippen LogP contribution >= 0.6 is 11.3 Å². The molecule has 0 atom stereocenters. The summed E-state index contributed by atoms with van der Waals surface area (Å²) >= 11 is 1.10. The molecular weight excluding hydrogens is 575 g/mol. The molecule has 0 radical (unpaired) electrons. The lowest BCUT2D eigenvalue weighted by atomic mass is 9.72. The quantitative estimate of drug-likeness (QED) is 0.222. The van der Waals surface area contributed by atoms with Gasteiger partial charge in [-0.25, -0.2) is 9.97 Å². The number of thiophene rings is 1.